The van der Waals surface area contributed by atoms with Crippen LogP contribution in [0.1, 0.15) is 24.4 Å². The van der Waals surface area contributed by atoms with Gasteiger partial charge in [0.05, 0.1) is 6.10 Å². The van der Waals surface area contributed by atoms with Gasteiger partial charge in [-0.15, -0.1) is 0 Å². The van der Waals surface area contributed by atoms with Gasteiger partial charge >= 0.3 is 6.09 Å². The molecule has 40 heavy (non-hydrogen) atoms. The Hall–Kier alpha value is -3.17. The topological polar surface area (TPSA) is 54.5 Å². The van der Waals surface area contributed by atoms with Crippen LogP contribution in [0.3, 0.4) is 0 Å². The van der Waals surface area contributed by atoms with E-state index < -0.39 is 18.2 Å². The molecular weight excluding hydrogens is 533 g/mol. The molecule has 0 radical (unpaired) electrons. The molecule has 3 saturated heterocycles. The maximum absolute atomic E-state index is 14.3. The first kappa shape index (κ1) is 27.0. The summed E-state index contributed by atoms with van der Waals surface area (Å²) in [4.78, 5) is 19.7. The predicted molar refractivity (Wildman–Crippen MR) is 152 cm³/mol. The van der Waals surface area contributed by atoms with E-state index in [2.05, 4.69) is 9.80 Å². The number of carbonyl (C=O) groups excluding carboxylic acids is 1. The van der Waals surface area contributed by atoms with Gasteiger partial charge in [0, 0.05) is 56.6 Å². The maximum Gasteiger partial charge on any atom is 0.415 e. The van der Waals surface area contributed by atoms with E-state index in [1.807, 2.05) is 18.2 Å². The van der Waals surface area contributed by atoms with Crippen molar-refractivity contribution >= 4 is 23.4 Å². The molecule has 0 saturated carbocycles. The predicted octanol–water partition coefficient (Wildman–Crippen LogP) is 6.13. The molecule has 1 amide bonds. The number of carbonyl (C=O) groups is 1. The Morgan fingerprint density at radius 1 is 0.900 bits per heavy atom. The summed E-state index contributed by atoms with van der Waals surface area (Å²) >= 11 is 5.97. The average molecular weight is 566 g/mol. The summed E-state index contributed by atoms with van der Waals surface area (Å²) in [7, 11) is 0. The molecule has 3 aliphatic rings. The zero-order chi connectivity index (χ0) is 27.5. The molecule has 0 bridgehead atoms. The number of amides is 1. The number of piperazine rings is 1. The summed E-state index contributed by atoms with van der Waals surface area (Å²) in [5.74, 6) is 0.940. The van der Waals surface area contributed by atoms with Crippen LogP contribution in [-0.4, -0.2) is 74.0 Å². The van der Waals surface area contributed by atoms with Crippen molar-refractivity contribution in [2.45, 2.75) is 31.1 Å². The van der Waals surface area contributed by atoms with Gasteiger partial charge in [0.1, 0.15) is 29.5 Å². The Morgan fingerprint density at radius 3 is 2.23 bits per heavy atom. The number of ether oxygens (including phenoxy) is 3. The Balaban J connectivity index is 1.17. The quantitative estimate of drug-likeness (QED) is 0.327. The fourth-order valence-corrected chi connectivity index (χ4v) is 5.91. The minimum atomic E-state index is -0.462. The van der Waals surface area contributed by atoms with E-state index in [9.17, 15) is 9.18 Å². The summed E-state index contributed by atoms with van der Waals surface area (Å²) in [5, 5.41) is 0.633. The van der Waals surface area contributed by atoms with Crippen LogP contribution in [0.25, 0.3) is 0 Å². The lowest BCUT2D eigenvalue weighted by Crippen LogP contribution is -2.50. The molecule has 6 rings (SSSR count). The van der Waals surface area contributed by atoms with Crippen molar-refractivity contribution in [1.82, 2.24) is 9.80 Å². The van der Waals surface area contributed by atoms with Gasteiger partial charge in [-0.25, -0.2) is 9.18 Å². The highest BCUT2D eigenvalue weighted by molar-refractivity contribution is 6.30. The van der Waals surface area contributed by atoms with Gasteiger partial charge in [-0.3, -0.25) is 14.7 Å². The number of hydrogen-bond donors (Lipinski definition) is 0. The molecule has 1 unspecified atom stereocenters. The summed E-state index contributed by atoms with van der Waals surface area (Å²) in [6.45, 7) is 6.08. The first-order valence-corrected chi connectivity index (χ1v) is 14.2. The molecule has 3 atom stereocenters. The minimum Gasteiger partial charge on any atom is -0.457 e. The second-order valence-electron chi connectivity index (χ2n) is 10.6. The zero-order valence-electron chi connectivity index (χ0n) is 22.3. The van der Waals surface area contributed by atoms with Gasteiger partial charge in [0.15, 0.2) is 0 Å². The van der Waals surface area contributed by atoms with Crippen LogP contribution in [0.4, 0.5) is 14.9 Å². The standard InChI is InChI=1S/C31H33ClFN3O4/c32-23-6-10-26(11-7-23)39-27-12-8-25(9-13-27)36-30(22-3-1-4-24(33)19-22)29(40-31(36)37)21-35-16-14-34(15-17-35)20-28-5-2-18-38-28/h1,3-4,6-13,19,28-30H,2,5,14-18,20-21H2/t28?,29-,30-/m0/s1. The normalized spacial score (nSPS) is 23.9. The minimum absolute atomic E-state index is 0.343. The maximum atomic E-state index is 14.3. The van der Waals surface area contributed by atoms with E-state index in [1.54, 1.807) is 47.4 Å². The molecule has 3 aromatic carbocycles. The van der Waals surface area contributed by atoms with Crippen LogP contribution in [0.2, 0.25) is 5.02 Å². The SMILES string of the molecule is O=C1O[C@@H](CN2CCN(CC3CCCO3)CC2)[C@H](c2cccc(F)c2)N1c1ccc(Oc2ccc(Cl)cc2)cc1. The van der Waals surface area contributed by atoms with Crippen LogP contribution in [0, 0.1) is 5.82 Å². The fourth-order valence-electron chi connectivity index (χ4n) is 5.79. The summed E-state index contributed by atoms with van der Waals surface area (Å²) in [5.41, 5.74) is 1.36. The lowest BCUT2D eigenvalue weighted by molar-refractivity contribution is 0.0359. The number of hydrogen-bond acceptors (Lipinski definition) is 6. The highest BCUT2D eigenvalue weighted by Gasteiger charge is 2.44. The number of rotatable bonds is 8. The Bertz CT molecular complexity index is 1290. The van der Waals surface area contributed by atoms with E-state index in [0.717, 1.165) is 52.2 Å². The van der Waals surface area contributed by atoms with E-state index in [0.29, 0.717) is 40.4 Å². The van der Waals surface area contributed by atoms with Crippen LogP contribution < -0.4 is 9.64 Å². The Labute approximate surface area is 239 Å². The van der Waals surface area contributed by atoms with Gasteiger partial charge in [-0.05, 0) is 79.1 Å². The first-order chi connectivity index (χ1) is 19.5. The fraction of sp³-hybridized carbons (Fsp3) is 0.387. The number of cyclic esters (lactones) is 1. The van der Waals surface area contributed by atoms with Crippen molar-refractivity contribution < 1.29 is 23.4 Å². The highest BCUT2D eigenvalue weighted by Crippen LogP contribution is 2.39. The summed E-state index contributed by atoms with van der Waals surface area (Å²) < 4.78 is 32.0. The molecule has 9 heteroatoms. The lowest BCUT2D eigenvalue weighted by atomic mass is 9.99. The smallest absolute Gasteiger partial charge is 0.415 e. The third-order valence-electron chi connectivity index (χ3n) is 7.82. The van der Waals surface area contributed by atoms with Gasteiger partial charge < -0.3 is 14.2 Å². The zero-order valence-corrected chi connectivity index (χ0v) is 23.0. The molecule has 0 aromatic heterocycles. The van der Waals surface area contributed by atoms with Crippen molar-refractivity contribution in [1.29, 1.82) is 0 Å². The molecule has 0 aliphatic carbocycles. The van der Waals surface area contributed by atoms with Crippen molar-refractivity contribution in [2.24, 2.45) is 0 Å². The van der Waals surface area contributed by atoms with E-state index in [4.69, 9.17) is 25.8 Å². The van der Waals surface area contributed by atoms with Crippen LogP contribution >= 0.6 is 11.6 Å². The largest absolute Gasteiger partial charge is 0.457 e. The summed E-state index contributed by atoms with van der Waals surface area (Å²) in [6.07, 6.45) is 1.74. The summed E-state index contributed by atoms with van der Waals surface area (Å²) in [6, 6.07) is 20.3. The monoisotopic (exact) mass is 565 g/mol. The van der Waals surface area contributed by atoms with Crippen LogP contribution in [0.15, 0.2) is 72.8 Å². The van der Waals surface area contributed by atoms with Gasteiger partial charge in [0.2, 0.25) is 0 Å². The van der Waals surface area contributed by atoms with Crippen molar-refractivity contribution in [2.75, 3.05) is 50.8 Å². The number of halogens is 2. The molecule has 0 N–H and O–H groups in total. The van der Waals surface area contributed by atoms with E-state index in [-0.39, 0.29) is 5.82 Å². The second-order valence-corrected chi connectivity index (χ2v) is 11.0. The molecule has 3 aliphatic heterocycles. The third-order valence-corrected chi connectivity index (χ3v) is 8.07. The van der Waals surface area contributed by atoms with E-state index >= 15 is 0 Å². The van der Waals surface area contributed by atoms with Crippen LogP contribution in [0.5, 0.6) is 11.5 Å². The molecule has 3 aromatic rings. The van der Waals surface area contributed by atoms with Crippen LogP contribution in [-0.2, 0) is 9.47 Å². The third kappa shape index (κ3) is 6.25. The van der Waals surface area contributed by atoms with Crippen molar-refractivity contribution in [3.8, 4) is 11.5 Å². The Kier molecular flexibility index (Phi) is 8.20. The molecule has 0 spiro atoms. The highest BCUT2D eigenvalue weighted by atomic mass is 35.5. The average Bonchev–Trinajstić information content (AvgIpc) is 3.59. The van der Waals surface area contributed by atoms with Gasteiger partial charge in [0.25, 0.3) is 0 Å². The first-order valence-electron chi connectivity index (χ1n) is 13.9. The van der Waals surface area contributed by atoms with E-state index in [1.165, 1.54) is 12.1 Å². The van der Waals surface area contributed by atoms with Crippen molar-refractivity contribution in [3.05, 3.63) is 89.2 Å². The molecule has 3 heterocycles. The Morgan fingerprint density at radius 2 is 1.57 bits per heavy atom. The molecule has 3 fully saturated rings. The number of benzene rings is 3. The van der Waals surface area contributed by atoms with Crippen molar-refractivity contribution in [3.63, 3.8) is 0 Å². The van der Waals surface area contributed by atoms with Gasteiger partial charge in [-0.2, -0.15) is 0 Å². The van der Waals surface area contributed by atoms with Gasteiger partial charge in [-0.1, -0.05) is 23.7 Å². The number of nitrogens with zero attached hydrogens (tertiary/aromatic N) is 3. The molecule has 7 nitrogen and oxygen atoms in total. The number of anilines is 1. The lowest BCUT2D eigenvalue weighted by Gasteiger charge is -2.37. The molecular formula is C31H33ClFN3O4. The second kappa shape index (κ2) is 12.1. The molecule has 210 valence electrons.